The van der Waals surface area contributed by atoms with Gasteiger partial charge in [-0.2, -0.15) is 0 Å². The molecule has 0 saturated heterocycles. The molecule has 0 aromatic heterocycles. The van der Waals surface area contributed by atoms with E-state index in [0.717, 1.165) is 37.8 Å². The van der Waals surface area contributed by atoms with Crippen LogP contribution in [0.1, 0.15) is 55.8 Å². The number of carbonyl (C=O) groups excluding carboxylic acids is 1. The van der Waals surface area contributed by atoms with Gasteiger partial charge in [0.2, 0.25) is 0 Å². The lowest BCUT2D eigenvalue weighted by molar-refractivity contribution is -0.0295. The van der Waals surface area contributed by atoms with E-state index in [2.05, 4.69) is 0 Å². The highest BCUT2D eigenvalue weighted by Crippen LogP contribution is 2.34. The molecular weight excluding hydrogens is 262 g/mol. The third-order valence-corrected chi connectivity index (χ3v) is 3.92. The highest BCUT2D eigenvalue weighted by Gasteiger charge is 2.40. The summed E-state index contributed by atoms with van der Waals surface area (Å²) in [5.41, 5.74) is -1.01. The smallest absolute Gasteiger partial charge is 0.197 e. The lowest BCUT2D eigenvalue weighted by atomic mass is 9.85. The largest absolute Gasteiger partial charge is 0.367 e. The lowest BCUT2D eigenvalue weighted by Gasteiger charge is -2.31. The molecule has 0 unspecified atom stereocenters. The Bertz CT molecular complexity index is 477. The highest BCUT2D eigenvalue weighted by molar-refractivity contribution is 6.02. The van der Waals surface area contributed by atoms with Gasteiger partial charge in [0, 0.05) is 12.7 Å². The van der Waals surface area contributed by atoms with Crippen LogP contribution in [0.25, 0.3) is 0 Å². The van der Waals surface area contributed by atoms with Crippen molar-refractivity contribution in [2.24, 2.45) is 0 Å². The van der Waals surface area contributed by atoms with Crippen LogP contribution >= 0.6 is 0 Å². The monoisotopic (exact) mass is 282 g/mol. The van der Waals surface area contributed by atoms with E-state index >= 15 is 0 Å². The van der Waals surface area contributed by atoms with Crippen molar-refractivity contribution in [1.29, 1.82) is 0 Å². The maximum Gasteiger partial charge on any atom is 0.197 e. The molecular formula is C16H20F2O2. The third-order valence-electron chi connectivity index (χ3n) is 3.92. The SMILES string of the molecule is CCOC1(C(=O)c2ccc(F)cc2F)CCCCCC1. The van der Waals surface area contributed by atoms with E-state index in [9.17, 15) is 13.6 Å². The summed E-state index contributed by atoms with van der Waals surface area (Å²) in [4.78, 5) is 12.7. The van der Waals surface area contributed by atoms with E-state index < -0.39 is 17.2 Å². The van der Waals surface area contributed by atoms with E-state index in [-0.39, 0.29) is 11.3 Å². The molecule has 1 aliphatic rings. The number of halogens is 2. The first-order valence-corrected chi connectivity index (χ1v) is 7.23. The average Bonchev–Trinajstić information content (AvgIpc) is 2.65. The van der Waals surface area contributed by atoms with Gasteiger partial charge in [-0.1, -0.05) is 25.7 Å². The van der Waals surface area contributed by atoms with Gasteiger partial charge >= 0.3 is 0 Å². The molecule has 0 amide bonds. The van der Waals surface area contributed by atoms with Crippen LogP contribution in [0.5, 0.6) is 0 Å². The number of carbonyl (C=O) groups is 1. The second-order valence-corrected chi connectivity index (χ2v) is 5.29. The Morgan fingerprint density at radius 2 is 1.85 bits per heavy atom. The minimum Gasteiger partial charge on any atom is -0.367 e. The zero-order valence-electron chi connectivity index (χ0n) is 11.8. The van der Waals surface area contributed by atoms with Crippen LogP contribution in [0, 0.1) is 11.6 Å². The Hall–Kier alpha value is -1.29. The summed E-state index contributed by atoms with van der Waals surface area (Å²) in [6, 6.07) is 3.09. The van der Waals surface area contributed by atoms with Crippen molar-refractivity contribution in [1.82, 2.24) is 0 Å². The van der Waals surface area contributed by atoms with Crippen molar-refractivity contribution < 1.29 is 18.3 Å². The van der Waals surface area contributed by atoms with Gasteiger partial charge < -0.3 is 4.74 Å². The molecule has 1 fully saturated rings. The van der Waals surface area contributed by atoms with E-state index in [1.54, 1.807) is 0 Å². The van der Waals surface area contributed by atoms with Gasteiger partial charge in [0.15, 0.2) is 5.78 Å². The predicted molar refractivity (Wildman–Crippen MR) is 72.7 cm³/mol. The predicted octanol–water partition coefficient (Wildman–Crippen LogP) is 4.28. The molecule has 0 atom stereocenters. The molecule has 0 heterocycles. The van der Waals surface area contributed by atoms with Crippen molar-refractivity contribution in [2.45, 2.75) is 51.0 Å². The van der Waals surface area contributed by atoms with Gasteiger partial charge in [0.25, 0.3) is 0 Å². The minimum absolute atomic E-state index is 0.0678. The summed E-state index contributed by atoms with van der Waals surface area (Å²) >= 11 is 0. The van der Waals surface area contributed by atoms with Gasteiger partial charge in [-0.25, -0.2) is 8.78 Å². The zero-order valence-corrected chi connectivity index (χ0v) is 11.8. The summed E-state index contributed by atoms with van der Waals surface area (Å²) in [5, 5.41) is 0. The van der Waals surface area contributed by atoms with Crippen LogP contribution in [-0.2, 0) is 4.74 Å². The van der Waals surface area contributed by atoms with Gasteiger partial charge in [0.1, 0.15) is 17.2 Å². The number of Topliss-reactive ketones (excluding diaryl/α,β-unsaturated/α-hetero) is 1. The molecule has 1 aliphatic carbocycles. The molecule has 0 radical (unpaired) electrons. The molecule has 0 spiro atoms. The first-order chi connectivity index (χ1) is 9.59. The summed E-state index contributed by atoms with van der Waals surface area (Å²) in [6.07, 6.45) is 5.14. The Kier molecular flexibility index (Phi) is 4.86. The first kappa shape index (κ1) is 15.1. The molecule has 1 saturated carbocycles. The second-order valence-electron chi connectivity index (χ2n) is 5.29. The lowest BCUT2D eigenvalue weighted by Crippen LogP contribution is -2.41. The summed E-state index contributed by atoms with van der Waals surface area (Å²) in [6.45, 7) is 2.25. The minimum atomic E-state index is -0.941. The van der Waals surface area contributed by atoms with Gasteiger partial charge in [-0.05, 0) is 31.9 Å². The fraction of sp³-hybridized carbons (Fsp3) is 0.562. The molecule has 110 valence electrons. The number of benzene rings is 1. The van der Waals surface area contributed by atoms with Gasteiger partial charge in [-0.3, -0.25) is 4.79 Å². The normalized spacial score (nSPS) is 18.6. The number of hydrogen-bond donors (Lipinski definition) is 0. The zero-order chi connectivity index (χ0) is 14.6. The van der Waals surface area contributed by atoms with Crippen molar-refractivity contribution in [3.63, 3.8) is 0 Å². The molecule has 20 heavy (non-hydrogen) atoms. The Morgan fingerprint density at radius 1 is 1.20 bits per heavy atom. The maximum atomic E-state index is 13.9. The molecule has 4 heteroatoms. The number of ketones is 1. The van der Waals surface area contributed by atoms with Gasteiger partial charge in [-0.15, -0.1) is 0 Å². The molecule has 0 bridgehead atoms. The van der Waals surface area contributed by atoms with E-state index in [1.165, 1.54) is 6.07 Å². The average molecular weight is 282 g/mol. The van der Waals surface area contributed by atoms with Crippen molar-refractivity contribution in [2.75, 3.05) is 6.61 Å². The van der Waals surface area contributed by atoms with Crippen molar-refractivity contribution >= 4 is 5.78 Å². The summed E-state index contributed by atoms with van der Waals surface area (Å²) in [7, 11) is 0. The number of hydrogen-bond acceptors (Lipinski definition) is 2. The quantitative estimate of drug-likeness (QED) is 0.608. The van der Waals surface area contributed by atoms with Crippen LogP contribution < -0.4 is 0 Å². The van der Waals surface area contributed by atoms with Crippen molar-refractivity contribution in [3.05, 3.63) is 35.4 Å². The van der Waals surface area contributed by atoms with Crippen LogP contribution in [-0.4, -0.2) is 18.0 Å². The van der Waals surface area contributed by atoms with Gasteiger partial charge in [0.05, 0.1) is 5.56 Å². The van der Waals surface area contributed by atoms with E-state index in [4.69, 9.17) is 4.74 Å². The van der Waals surface area contributed by atoms with Crippen LogP contribution in [0.15, 0.2) is 18.2 Å². The second kappa shape index (κ2) is 6.44. The maximum absolute atomic E-state index is 13.9. The Balaban J connectivity index is 2.34. The fourth-order valence-corrected chi connectivity index (χ4v) is 2.93. The van der Waals surface area contributed by atoms with E-state index in [1.807, 2.05) is 6.92 Å². The molecule has 2 nitrogen and oxygen atoms in total. The Morgan fingerprint density at radius 3 is 2.40 bits per heavy atom. The van der Waals surface area contributed by atoms with Crippen LogP contribution in [0.4, 0.5) is 8.78 Å². The standard InChI is InChI=1S/C16H20F2O2/c1-2-20-16(9-5-3-4-6-10-16)15(19)13-8-7-12(17)11-14(13)18/h7-8,11H,2-6,9-10H2,1H3. The topological polar surface area (TPSA) is 26.3 Å². The van der Waals surface area contributed by atoms with Crippen LogP contribution in [0.2, 0.25) is 0 Å². The summed E-state index contributed by atoms with van der Waals surface area (Å²) in [5.74, 6) is -1.83. The molecule has 1 aromatic carbocycles. The molecule has 2 rings (SSSR count). The number of rotatable bonds is 4. The van der Waals surface area contributed by atoms with E-state index in [0.29, 0.717) is 19.4 Å². The number of ether oxygens (including phenoxy) is 1. The Labute approximate surface area is 118 Å². The fourth-order valence-electron chi connectivity index (χ4n) is 2.93. The third kappa shape index (κ3) is 3.06. The first-order valence-electron chi connectivity index (χ1n) is 7.23. The molecule has 0 aliphatic heterocycles. The van der Waals surface area contributed by atoms with Crippen LogP contribution in [0.3, 0.4) is 0 Å². The molecule has 1 aromatic rings. The molecule has 0 N–H and O–H groups in total. The summed E-state index contributed by atoms with van der Waals surface area (Å²) < 4.78 is 32.6. The highest BCUT2D eigenvalue weighted by atomic mass is 19.1. The van der Waals surface area contributed by atoms with Crippen molar-refractivity contribution in [3.8, 4) is 0 Å².